The first-order valence-electron chi connectivity index (χ1n) is 8.32. The standard InChI is InChI=1S/C17H23ClN4O4S/c1-11-6-7-14-13(16(11)18)10-15(22(14)4)17(24)19-8-5-9-21(3)27(25,26)20-12(2)23/h6-7,10H,5,8-9H2,1-4H3,(H,19,24)(H,20,23). The Balaban J connectivity index is 1.97. The maximum atomic E-state index is 12.5. The van der Waals surface area contributed by atoms with Gasteiger partial charge in [0.05, 0.1) is 5.02 Å². The summed E-state index contributed by atoms with van der Waals surface area (Å²) >= 11 is 6.32. The average molecular weight is 415 g/mol. The molecule has 0 aliphatic rings. The van der Waals surface area contributed by atoms with Crippen LogP contribution in [0.2, 0.25) is 5.02 Å². The molecule has 0 atom stereocenters. The summed E-state index contributed by atoms with van der Waals surface area (Å²) in [4.78, 5) is 23.4. The number of aryl methyl sites for hydroxylation is 2. The van der Waals surface area contributed by atoms with Crippen molar-refractivity contribution in [1.29, 1.82) is 0 Å². The summed E-state index contributed by atoms with van der Waals surface area (Å²) in [7, 11) is -0.692. The molecule has 10 heteroatoms. The number of fused-ring (bicyclic) bond motifs is 1. The molecule has 0 spiro atoms. The van der Waals surface area contributed by atoms with Crippen LogP contribution < -0.4 is 10.0 Å². The highest BCUT2D eigenvalue weighted by Crippen LogP contribution is 2.29. The van der Waals surface area contributed by atoms with Gasteiger partial charge in [-0.15, -0.1) is 0 Å². The number of carbonyl (C=O) groups is 2. The molecule has 8 nitrogen and oxygen atoms in total. The maximum Gasteiger partial charge on any atom is 0.303 e. The summed E-state index contributed by atoms with van der Waals surface area (Å²) in [6, 6.07) is 5.56. The number of hydrogen-bond acceptors (Lipinski definition) is 4. The molecule has 2 aromatic rings. The lowest BCUT2D eigenvalue weighted by molar-refractivity contribution is -0.117. The summed E-state index contributed by atoms with van der Waals surface area (Å²) in [5.74, 6) is -0.922. The molecule has 0 radical (unpaired) electrons. The van der Waals surface area contributed by atoms with E-state index in [2.05, 4.69) is 5.32 Å². The number of nitrogens with zero attached hydrogens (tertiary/aromatic N) is 2. The number of halogens is 1. The molecule has 2 rings (SSSR count). The van der Waals surface area contributed by atoms with Crippen LogP contribution in [-0.4, -0.2) is 49.2 Å². The van der Waals surface area contributed by atoms with Gasteiger partial charge in [-0.2, -0.15) is 12.7 Å². The van der Waals surface area contributed by atoms with Crippen LogP contribution in [0.5, 0.6) is 0 Å². The van der Waals surface area contributed by atoms with E-state index < -0.39 is 16.1 Å². The van der Waals surface area contributed by atoms with Crippen molar-refractivity contribution < 1.29 is 18.0 Å². The average Bonchev–Trinajstić information content (AvgIpc) is 2.91. The van der Waals surface area contributed by atoms with Gasteiger partial charge in [-0.3, -0.25) is 9.59 Å². The van der Waals surface area contributed by atoms with Crippen LogP contribution in [0.25, 0.3) is 10.9 Å². The fourth-order valence-corrected chi connectivity index (χ4v) is 3.78. The Morgan fingerprint density at radius 3 is 2.59 bits per heavy atom. The molecular formula is C17H23ClN4O4S. The normalized spacial score (nSPS) is 11.8. The van der Waals surface area contributed by atoms with Gasteiger partial charge < -0.3 is 9.88 Å². The lowest BCUT2D eigenvalue weighted by Crippen LogP contribution is -2.41. The molecule has 0 saturated heterocycles. The maximum absolute atomic E-state index is 12.5. The van der Waals surface area contributed by atoms with Crippen molar-refractivity contribution in [2.45, 2.75) is 20.3 Å². The number of aromatic nitrogens is 1. The van der Waals surface area contributed by atoms with Gasteiger partial charge in [0.1, 0.15) is 5.69 Å². The van der Waals surface area contributed by atoms with Gasteiger partial charge in [0.2, 0.25) is 5.91 Å². The Bertz CT molecular complexity index is 984. The number of carbonyl (C=O) groups excluding carboxylic acids is 2. The summed E-state index contributed by atoms with van der Waals surface area (Å²) in [6.07, 6.45) is 0.394. The van der Waals surface area contributed by atoms with E-state index in [1.54, 1.807) is 17.7 Å². The van der Waals surface area contributed by atoms with Gasteiger partial charge in [0.15, 0.2) is 0 Å². The molecule has 0 aliphatic carbocycles. The first-order chi connectivity index (χ1) is 12.5. The first-order valence-corrected chi connectivity index (χ1v) is 10.1. The van der Waals surface area contributed by atoms with Crippen molar-refractivity contribution >= 4 is 44.5 Å². The fraction of sp³-hybridized carbons (Fsp3) is 0.412. The number of hydrogen-bond donors (Lipinski definition) is 2. The lowest BCUT2D eigenvalue weighted by Gasteiger charge is -2.16. The van der Waals surface area contributed by atoms with E-state index in [1.165, 1.54) is 7.05 Å². The highest BCUT2D eigenvalue weighted by molar-refractivity contribution is 7.87. The number of benzene rings is 1. The van der Waals surface area contributed by atoms with Gasteiger partial charge in [-0.25, -0.2) is 4.72 Å². The van der Waals surface area contributed by atoms with Crippen molar-refractivity contribution in [2.75, 3.05) is 20.1 Å². The van der Waals surface area contributed by atoms with Crippen LogP contribution in [0.15, 0.2) is 18.2 Å². The zero-order chi connectivity index (χ0) is 20.4. The van der Waals surface area contributed by atoms with Gasteiger partial charge in [-0.1, -0.05) is 17.7 Å². The lowest BCUT2D eigenvalue weighted by atomic mass is 10.2. The van der Waals surface area contributed by atoms with E-state index in [0.717, 1.165) is 27.7 Å². The molecular weight excluding hydrogens is 392 g/mol. The highest BCUT2D eigenvalue weighted by atomic mass is 35.5. The summed E-state index contributed by atoms with van der Waals surface area (Å²) in [6.45, 7) is 3.47. The summed E-state index contributed by atoms with van der Waals surface area (Å²) in [5.41, 5.74) is 2.26. The fourth-order valence-electron chi connectivity index (χ4n) is 2.68. The molecule has 2 N–H and O–H groups in total. The topological polar surface area (TPSA) is 101 Å². The minimum atomic E-state index is -3.84. The van der Waals surface area contributed by atoms with Gasteiger partial charge in [-0.05, 0) is 31.0 Å². The molecule has 0 aliphatic heterocycles. The minimum absolute atomic E-state index is 0.156. The highest BCUT2D eigenvalue weighted by Gasteiger charge is 2.19. The second-order valence-corrected chi connectivity index (χ2v) is 8.47. The monoisotopic (exact) mass is 414 g/mol. The Hall–Kier alpha value is -2.10. The molecule has 27 heavy (non-hydrogen) atoms. The van der Waals surface area contributed by atoms with Crippen molar-refractivity contribution in [3.8, 4) is 0 Å². The third kappa shape index (κ3) is 4.79. The Labute approximate surface area is 163 Å². The van der Waals surface area contributed by atoms with Gasteiger partial charge in [0, 0.05) is 45.0 Å². The summed E-state index contributed by atoms with van der Waals surface area (Å²) in [5, 5.41) is 4.20. The van der Waals surface area contributed by atoms with E-state index in [9.17, 15) is 18.0 Å². The molecule has 1 heterocycles. The van der Waals surface area contributed by atoms with E-state index >= 15 is 0 Å². The van der Waals surface area contributed by atoms with Crippen LogP contribution in [0, 0.1) is 6.92 Å². The Kier molecular flexibility index (Phi) is 6.50. The molecule has 1 aromatic heterocycles. The van der Waals surface area contributed by atoms with E-state index in [-0.39, 0.29) is 19.0 Å². The first kappa shape index (κ1) is 21.2. The molecule has 0 bridgehead atoms. The van der Waals surface area contributed by atoms with E-state index in [1.807, 2.05) is 23.8 Å². The zero-order valence-electron chi connectivity index (χ0n) is 15.7. The largest absolute Gasteiger partial charge is 0.351 e. The van der Waals surface area contributed by atoms with Crippen LogP contribution in [0.1, 0.15) is 29.4 Å². The smallest absolute Gasteiger partial charge is 0.303 e. The van der Waals surface area contributed by atoms with Crippen molar-refractivity contribution in [3.63, 3.8) is 0 Å². The van der Waals surface area contributed by atoms with Crippen LogP contribution >= 0.6 is 11.6 Å². The van der Waals surface area contributed by atoms with Gasteiger partial charge in [0.25, 0.3) is 5.91 Å². The quantitative estimate of drug-likeness (QED) is 0.671. The van der Waals surface area contributed by atoms with E-state index in [4.69, 9.17) is 11.6 Å². The van der Waals surface area contributed by atoms with Crippen LogP contribution in [0.4, 0.5) is 0 Å². The van der Waals surface area contributed by atoms with E-state index in [0.29, 0.717) is 17.1 Å². The number of nitrogens with one attached hydrogen (secondary N) is 2. The number of amides is 2. The summed E-state index contributed by atoms with van der Waals surface area (Å²) < 4.78 is 28.2. The molecule has 2 amide bonds. The van der Waals surface area contributed by atoms with Crippen LogP contribution in [-0.2, 0) is 22.1 Å². The predicted octanol–water partition coefficient (Wildman–Crippen LogP) is 1.57. The third-order valence-corrected chi connectivity index (χ3v) is 6.25. The Morgan fingerprint density at radius 2 is 1.96 bits per heavy atom. The SMILES string of the molecule is CC(=O)NS(=O)(=O)N(C)CCCNC(=O)c1cc2c(Cl)c(C)ccc2n1C. The van der Waals surface area contributed by atoms with Gasteiger partial charge >= 0.3 is 10.2 Å². The van der Waals surface area contributed by atoms with Crippen molar-refractivity contribution in [1.82, 2.24) is 18.9 Å². The molecule has 0 unspecified atom stereocenters. The Morgan fingerprint density at radius 1 is 1.30 bits per heavy atom. The second-order valence-electron chi connectivity index (χ2n) is 6.31. The van der Waals surface area contributed by atoms with Crippen molar-refractivity contribution in [3.05, 3.63) is 34.5 Å². The molecule has 1 aromatic carbocycles. The molecule has 0 fully saturated rings. The third-order valence-electron chi connectivity index (χ3n) is 4.20. The van der Waals surface area contributed by atoms with Crippen molar-refractivity contribution in [2.24, 2.45) is 7.05 Å². The zero-order valence-corrected chi connectivity index (χ0v) is 17.2. The second kappa shape index (κ2) is 8.28. The number of rotatable bonds is 7. The predicted molar refractivity (Wildman–Crippen MR) is 105 cm³/mol. The minimum Gasteiger partial charge on any atom is -0.351 e. The van der Waals surface area contributed by atoms with Crippen LogP contribution in [0.3, 0.4) is 0 Å². The molecule has 0 saturated carbocycles. The molecule has 148 valence electrons.